The number of amides is 7. The van der Waals surface area contributed by atoms with Crippen LogP contribution in [-0.2, 0) is 54.3 Å². The molecule has 1 fully saturated rings. The van der Waals surface area contributed by atoms with Crippen LogP contribution in [0.5, 0.6) is 5.75 Å². The van der Waals surface area contributed by atoms with Crippen LogP contribution in [0.25, 0.3) is 0 Å². The lowest BCUT2D eigenvalue weighted by Gasteiger charge is -2.41. The highest BCUT2D eigenvalue weighted by Gasteiger charge is 2.44. The Morgan fingerprint density at radius 1 is 0.853 bits per heavy atom. The fraction of sp³-hybridized carbons (Fsp3) is 0.589. The third-order valence-electron chi connectivity index (χ3n) is 14.6. The van der Waals surface area contributed by atoms with E-state index in [-0.39, 0.29) is 61.1 Å². The zero-order chi connectivity index (χ0) is 55.7. The molecule has 3 N–H and O–H groups in total. The zero-order valence-corrected chi connectivity index (χ0v) is 45.6. The molecular formula is C56H79N7O12. The van der Waals surface area contributed by atoms with E-state index in [1.807, 2.05) is 53.7 Å². The number of imide groups is 1. The van der Waals surface area contributed by atoms with Crippen molar-refractivity contribution in [3.05, 3.63) is 77.6 Å². The van der Waals surface area contributed by atoms with Gasteiger partial charge in [-0.2, -0.15) is 5.26 Å². The second-order valence-corrected chi connectivity index (χ2v) is 20.5. The Bertz CT molecular complexity index is 2370. The van der Waals surface area contributed by atoms with Crippen LogP contribution in [0.15, 0.2) is 66.4 Å². The lowest BCUT2D eigenvalue weighted by atomic mass is 9.89. The number of hydrogen-bond acceptors (Lipinski definition) is 12. The summed E-state index contributed by atoms with van der Waals surface area (Å²) in [5.41, 5.74) is 1.18. The minimum Gasteiger partial charge on any atom is -0.480 e. The Morgan fingerprint density at radius 2 is 1.52 bits per heavy atom. The van der Waals surface area contributed by atoms with E-state index in [0.29, 0.717) is 56.4 Å². The predicted molar refractivity (Wildman–Crippen MR) is 279 cm³/mol. The molecule has 2 aliphatic heterocycles. The van der Waals surface area contributed by atoms with E-state index in [9.17, 15) is 43.5 Å². The van der Waals surface area contributed by atoms with E-state index in [0.717, 1.165) is 16.5 Å². The summed E-state index contributed by atoms with van der Waals surface area (Å²) in [5.74, 6) is -5.67. The van der Waals surface area contributed by atoms with E-state index in [4.69, 9.17) is 19.5 Å². The van der Waals surface area contributed by atoms with E-state index < -0.39 is 83.8 Å². The smallest absolute Gasteiger partial charge is 0.326 e. The first-order valence-electron chi connectivity index (χ1n) is 26.1. The van der Waals surface area contributed by atoms with Crippen LogP contribution in [0.3, 0.4) is 0 Å². The lowest BCUT2D eigenvalue weighted by molar-refractivity contribution is -0.149. The summed E-state index contributed by atoms with van der Waals surface area (Å²) in [6.07, 6.45) is 2.92. The number of carbonyl (C=O) groups excluding carboxylic acids is 7. The Balaban J connectivity index is 1.36. The molecule has 2 heterocycles. The number of nitrogens with zero attached hydrogens (tertiary/aromatic N) is 5. The molecule has 19 heteroatoms. The summed E-state index contributed by atoms with van der Waals surface area (Å²) in [7, 11) is 6.17. The van der Waals surface area contributed by atoms with Crippen molar-refractivity contribution in [2.24, 2.45) is 23.7 Å². The number of carboxylic acid groups (broad SMARTS) is 1. The van der Waals surface area contributed by atoms with Crippen LogP contribution in [0.1, 0.15) is 111 Å². The van der Waals surface area contributed by atoms with Crippen molar-refractivity contribution in [1.29, 1.82) is 5.26 Å². The second kappa shape index (κ2) is 28.9. The van der Waals surface area contributed by atoms with Crippen LogP contribution in [0, 0.1) is 35.0 Å². The van der Waals surface area contributed by atoms with Crippen molar-refractivity contribution in [2.45, 2.75) is 149 Å². The van der Waals surface area contributed by atoms with Crippen molar-refractivity contribution >= 4 is 47.3 Å². The van der Waals surface area contributed by atoms with Gasteiger partial charge in [-0.15, -0.1) is 0 Å². The van der Waals surface area contributed by atoms with Gasteiger partial charge >= 0.3 is 5.97 Å². The number of benzene rings is 2. The number of carboxylic acids is 1. The predicted octanol–water partition coefficient (Wildman–Crippen LogP) is 5.11. The summed E-state index contributed by atoms with van der Waals surface area (Å²) in [6, 6.07) is 13.0. The van der Waals surface area contributed by atoms with Crippen molar-refractivity contribution in [3.63, 3.8) is 0 Å². The molecule has 410 valence electrons. The van der Waals surface area contributed by atoms with E-state index in [1.54, 1.807) is 67.2 Å². The molecule has 0 aliphatic carbocycles. The van der Waals surface area contributed by atoms with Gasteiger partial charge in [0.25, 0.3) is 11.8 Å². The maximum absolute atomic E-state index is 14.7. The number of carbonyl (C=O) groups is 8. The molecule has 0 spiro atoms. The van der Waals surface area contributed by atoms with E-state index in [1.165, 1.54) is 31.3 Å². The molecule has 2 aromatic carbocycles. The van der Waals surface area contributed by atoms with Crippen LogP contribution in [0.4, 0.5) is 0 Å². The maximum atomic E-state index is 14.7. The Labute approximate surface area is 442 Å². The summed E-state index contributed by atoms with van der Waals surface area (Å²) >= 11 is 0. The fourth-order valence-electron chi connectivity index (χ4n) is 10.1. The van der Waals surface area contributed by atoms with Gasteiger partial charge in [0.1, 0.15) is 23.9 Å². The molecule has 4 rings (SSSR count). The van der Waals surface area contributed by atoms with Crippen LogP contribution in [-0.4, -0.2) is 156 Å². The Hall–Kier alpha value is -6.65. The van der Waals surface area contributed by atoms with Crippen LogP contribution in [0.2, 0.25) is 0 Å². The number of ether oxygens (including phenoxy) is 3. The van der Waals surface area contributed by atoms with E-state index in [2.05, 4.69) is 10.6 Å². The summed E-state index contributed by atoms with van der Waals surface area (Å²) < 4.78 is 17.5. The quantitative estimate of drug-likeness (QED) is 0.0710. The van der Waals surface area contributed by atoms with Gasteiger partial charge in [-0.25, -0.2) is 4.79 Å². The zero-order valence-electron chi connectivity index (χ0n) is 45.6. The SMILES string of the molecule is CC[C@@H](C)[C@@H]([C@@H](CC(=O)N1CCC[C@H]1[C@H](OC)[C@@H](C)C(=O)NC(Cc1ccccc1)C(=O)O)OC)N(C)C(=O)[C@@H](NC(=O)[C@H](C(C)C)N(C)C(=O)CCCCCN1C(=O)C=C(Oc2ccc(C#N)cc2)C1=O)C(C)C. The Kier molecular flexibility index (Phi) is 23.4. The molecule has 75 heavy (non-hydrogen) atoms. The number of hydrogen-bond donors (Lipinski definition) is 3. The first-order chi connectivity index (χ1) is 35.6. The lowest BCUT2D eigenvalue weighted by Crippen LogP contribution is -2.60. The fourth-order valence-corrected chi connectivity index (χ4v) is 10.1. The summed E-state index contributed by atoms with van der Waals surface area (Å²) in [5, 5.41) is 24.6. The second-order valence-electron chi connectivity index (χ2n) is 20.5. The van der Waals surface area contributed by atoms with Crippen molar-refractivity contribution in [2.75, 3.05) is 41.4 Å². The minimum atomic E-state index is -1.17. The van der Waals surface area contributed by atoms with Gasteiger partial charge in [-0.1, -0.05) is 91.6 Å². The average Bonchev–Trinajstić information content (AvgIpc) is 3.97. The third kappa shape index (κ3) is 16.2. The number of nitrogens with one attached hydrogen (secondary N) is 2. The van der Waals surface area contributed by atoms with Crippen molar-refractivity contribution in [3.8, 4) is 11.8 Å². The third-order valence-corrected chi connectivity index (χ3v) is 14.6. The van der Waals surface area contributed by atoms with E-state index >= 15 is 0 Å². The normalized spacial score (nSPS) is 17.8. The number of rotatable bonds is 29. The van der Waals surface area contributed by atoms with Crippen LogP contribution >= 0.6 is 0 Å². The van der Waals surface area contributed by atoms with Gasteiger partial charge in [0.15, 0.2) is 5.76 Å². The first-order valence-corrected chi connectivity index (χ1v) is 26.1. The number of likely N-dealkylation sites (N-methyl/N-ethyl adjacent to an activating group) is 2. The summed E-state index contributed by atoms with van der Waals surface area (Å²) in [6.45, 7) is 13.4. The number of aliphatic carboxylic acids is 1. The average molecular weight is 1040 g/mol. The van der Waals surface area contributed by atoms with Gasteiger partial charge in [0.05, 0.1) is 54.3 Å². The number of likely N-dealkylation sites (tertiary alicyclic amines) is 1. The molecule has 7 amide bonds. The highest BCUT2D eigenvalue weighted by Crippen LogP contribution is 2.30. The highest BCUT2D eigenvalue weighted by molar-refractivity contribution is 6.15. The molecule has 0 bridgehead atoms. The molecule has 1 saturated heterocycles. The van der Waals surface area contributed by atoms with Crippen molar-refractivity contribution in [1.82, 2.24) is 30.2 Å². The molecule has 0 aromatic heterocycles. The van der Waals surface area contributed by atoms with Gasteiger partial charge < -0.3 is 44.7 Å². The van der Waals surface area contributed by atoms with Gasteiger partial charge in [-0.3, -0.25) is 38.5 Å². The molecule has 19 nitrogen and oxygen atoms in total. The topological polar surface area (TPSA) is 245 Å². The molecule has 0 radical (unpaired) electrons. The Morgan fingerprint density at radius 3 is 2.09 bits per heavy atom. The maximum Gasteiger partial charge on any atom is 0.326 e. The summed E-state index contributed by atoms with van der Waals surface area (Å²) in [4.78, 5) is 114. The first kappa shape index (κ1) is 60.9. The van der Waals surface area contributed by atoms with Crippen molar-refractivity contribution < 1.29 is 57.7 Å². The monoisotopic (exact) mass is 1040 g/mol. The largest absolute Gasteiger partial charge is 0.480 e. The molecule has 2 aliphatic rings. The molecule has 0 saturated carbocycles. The molecule has 1 unspecified atom stereocenters. The number of nitriles is 1. The molecular weight excluding hydrogens is 963 g/mol. The standard InChI is InChI=1S/C56H79N7O12/c1-12-36(6)50(43(73-10)31-46(65)62-29-19-22-42(62)51(74-11)37(7)52(67)58-41(56(71)72)30-38-20-15-13-16-21-38)61(9)55(70)48(34(2)3)59-53(68)49(35(4)5)60(8)45(64)23-17-14-18-28-63-47(66)32-44(54(63)69)75-40-26-24-39(33-57)25-27-40/h13,15-16,20-21,24-27,32,34-37,41-43,48-51H,12,14,17-19,22-23,28-31H2,1-11H3,(H,58,67)(H,59,68)(H,71,72)/t36-,37-,41?,42+,43-,48+,49+,50+,51-/m1/s1. The highest BCUT2D eigenvalue weighted by atomic mass is 16.5. The van der Waals surface area contributed by atoms with Gasteiger partial charge in [-0.05, 0) is 73.3 Å². The van der Waals surface area contributed by atoms with Crippen LogP contribution < -0.4 is 15.4 Å². The molecule has 9 atom stereocenters. The minimum absolute atomic E-state index is 0.0938. The van der Waals surface area contributed by atoms with Gasteiger partial charge in [0.2, 0.25) is 29.5 Å². The molecule has 2 aromatic rings. The number of methoxy groups -OCH3 is 2. The number of unbranched alkanes of at least 4 members (excludes halogenated alkanes) is 2. The van der Waals surface area contributed by atoms with Gasteiger partial charge in [0, 0.05) is 54.2 Å².